The number of pyridine rings is 1. The van der Waals surface area contributed by atoms with Crippen LogP contribution in [0.3, 0.4) is 0 Å². The van der Waals surface area contributed by atoms with Crippen LogP contribution in [0.5, 0.6) is 0 Å². The Morgan fingerprint density at radius 3 is 2.64 bits per heavy atom. The summed E-state index contributed by atoms with van der Waals surface area (Å²) in [5.41, 5.74) is 4.94. The minimum atomic E-state index is -0.162. The summed E-state index contributed by atoms with van der Waals surface area (Å²) in [5, 5.41) is 13.0. The number of aromatic nitrogens is 5. The number of para-hydroxylation sites is 1. The molecule has 0 bridgehead atoms. The van der Waals surface area contributed by atoms with Gasteiger partial charge in [-0.25, -0.2) is 9.97 Å². The highest BCUT2D eigenvalue weighted by Crippen LogP contribution is 2.27. The van der Waals surface area contributed by atoms with Crippen LogP contribution in [0.2, 0.25) is 0 Å². The number of aryl methyl sites for hydroxylation is 3. The quantitative estimate of drug-likeness (QED) is 0.360. The Morgan fingerprint density at radius 1 is 1.00 bits per heavy atom. The van der Waals surface area contributed by atoms with Crippen LogP contribution >= 0.6 is 11.8 Å². The molecule has 0 unspecified atom stereocenters. The Kier molecular flexibility index (Phi) is 5.99. The summed E-state index contributed by atoms with van der Waals surface area (Å²) >= 11 is 1.26. The van der Waals surface area contributed by atoms with Crippen molar-refractivity contribution in [1.82, 2.24) is 24.7 Å². The van der Waals surface area contributed by atoms with E-state index in [0.717, 1.165) is 40.6 Å². The molecule has 2 aromatic carbocycles. The first kappa shape index (κ1) is 21.1. The maximum atomic E-state index is 12.3. The Bertz CT molecular complexity index is 1420. The second-order valence-electron chi connectivity index (χ2n) is 7.73. The van der Waals surface area contributed by atoms with Gasteiger partial charge >= 0.3 is 0 Å². The molecule has 0 fully saturated rings. The van der Waals surface area contributed by atoms with Crippen LogP contribution in [-0.2, 0) is 17.8 Å². The Morgan fingerprint density at radius 2 is 1.82 bits per heavy atom. The topological polar surface area (TPSA) is 85.6 Å². The molecule has 0 radical (unpaired) electrons. The number of hydrogen-bond acceptors (Lipinski definition) is 6. The normalized spacial score (nSPS) is 11.2. The van der Waals surface area contributed by atoms with Crippen LogP contribution in [0.1, 0.15) is 11.1 Å². The van der Waals surface area contributed by atoms with Gasteiger partial charge in [-0.05, 0) is 36.6 Å². The van der Waals surface area contributed by atoms with E-state index in [1.165, 1.54) is 17.3 Å². The van der Waals surface area contributed by atoms with E-state index in [-0.39, 0.29) is 11.7 Å². The number of carbonyl (C=O) groups is 1. The molecule has 33 heavy (non-hydrogen) atoms. The van der Waals surface area contributed by atoms with Gasteiger partial charge in [-0.3, -0.25) is 4.79 Å². The van der Waals surface area contributed by atoms with Gasteiger partial charge in [0.25, 0.3) is 0 Å². The first-order valence-electron chi connectivity index (χ1n) is 10.7. The fourth-order valence-electron chi connectivity index (χ4n) is 3.71. The third-order valence-corrected chi connectivity index (χ3v) is 6.17. The molecule has 3 heterocycles. The Hall–Kier alpha value is -3.78. The van der Waals surface area contributed by atoms with Crippen molar-refractivity contribution in [3.63, 3.8) is 0 Å². The van der Waals surface area contributed by atoms with Crippen molar-refractivity contribution >= 4 is 45.6 Å². The first-order valence-corrected chi connectivity index (χ1v) is 11.7. The average molecular weight is 455 g/mol. The van der Waals surface area contributed by atoms with Crippen LogP contribution in [-0.4, -0.2) is 36.4 Å². The van der Waals surface area contributed by atoms with Gasteiger partial charge in [0, 0.05) is 18.1 Å². The first-order chi connectivity index (χ1) is 16.2. The highest BCUT2D eigenvalue weighted by Gasteiger charge is 2.15. The van der Waals surface area contributed by atoms with Crippen LogP contribution in [0.25, 0.3) is 22.1 Å². The van der Waals surface area contributed by atoms with Gasteiger partial charge < -0.3 is 9.88 Å². The lowest BCUT2D eigenvalue weighted by atomic mass is 10.1. The number of carbonyl (C=O) groups excluding carboxylic acids is 1. The number of benzene rings is 2. The molecule has 0 saturated heterocycles. The van der Waals surface area contributed by atoms with Gasteiger partial charge in [0.05, 0.1) is 11.3 Å². The molecule has 8 heteroatoms. The van der Waals surface area contributed by atoms with Crippen molar-refractivity contribution in [3.05, 3.63) is 84.1 Å². The minimum absolute atomic E-state index is 0.162. The number of nitrogens with one attached hydrogen (secondary N) is 1. The van der Waals surface area contributed by atoms with E-state index in [2.05, 4.69) is 55.4 Å². The molecule has 5 aromatic rings. The number of fused-ring (bicyclic) bond motifs is 3. The van der Waals surface area contributed by atoms with Crippen molar-refractivity contribution < 1.29 is 4.79 Å². The maximum Gasteiger partial charge on any atom is 0.236 e. The number of amides is 1. The molecule has 0 aliphatic heterocycles. The molecule has 1 amide bonds. The fraction of sp³-hybridized carbons (Fsp3) is 0.160. The monoisotopic (exact) mass is 454 g/mol. The second kappa shape index (κ2) is 9.38. The van der Waals surface area contributed by atoms with Gasteiger partial charge in [0.1, 0.15) is 11.3 Å². The van der Waals surface area contributed by atoms with E-state index in [1.54, 1.807) is 12.3 Å². The van der Waals surface area contributed by atoms with Gasteiger partial charge in [0.15, 0.2) is 5.65 Å². The van der Waals surface area contributed by atoms with Crippen LogP contribution < -0.4 is 5.32 Å². The highest BCUT2D eigenvalue weighted by molar-refractivity contribution is 7.99. The van der Waals surface area contributed by atoms with E-state index in [4.69, 9.17) is 4.98 Å². The van der Waals surface area contributed by atoms with E-state index in [9.17, 15) is 4.79 Å². The Balaban J connectivity index is 1.37. The zero-order chi connectivity index (χ0) is 22.6. The van der Waals surface area contributed by atoms with Gasteiger partial charge in [-0.2, -0.15) is 0 Å². The van der Waals surface area contributed by atoms with Crippen molar-refractivity contribution in [2.45, 2.75) is 25.0 Å². The van der Waals surface area contributed by atoms with Gasteiger partial charge in [0.2, 0.25) is 11.1 Å². The number of nitrogens with zero attached hydrogens (tertiary/aromatic N) is 5. The third-order valence-electron chi connectivity index (χ3n) is 5.33. The molecule has 0 atom stereocenters. The molecule has 0 saturated carbocycles. The van der Waals surface area contributed by atoms with Crippen molar-refractivity contribution in [2.24, 2.45) is 0 Å². The summed E-state index contributed by atoms with van der Waals surface area (Å²) in [6, 6.07) is 22.2. The molecule has 0 aliphatic rings. The van der Waals surface area contributed by atoms with Crippen molar-refractivity contribution in [2.75, 3.05) is 11.1 Å². The summed E-state index contributed by atoms with van der Waals surface area (Å²) in [4.78, 5) is 21.3. The number of rotatable bonds is 7. The van der Waals surface area contributed by atoms with Gasteiger partial charge in [-0.1, -0.05) is 66.4 Å². The smallest absolute Gasteiger partial charge is 0.236 e. The number of thioether (sulfide) groups is 1. The third kappa shape index (κ3) is 4.70. The average Bonchev–Trinajstić information content (AvgIpc) is 3.16. The van der Waals surface area contributed by atoms with E-state index in [1.807, 2.05) is 37.3 Å². The van der Waals surface area contributed by atoms with Crippen molar-refractivity contribution in [3.8, 4) is 0 Å². The minimum Gasteiger partial charge on any atom is -0.323 e. The molecule has 164 valence electrons. The molecule has 1 N–H and O–H groups in total. The summed E-state index contributed by atoms with van der Waals surface area (Å²) in [5.74, 6) is 0.541. The standard InChI is InChI=1S/C25H22N6OS/c1-17-11-12-21(26-15-17)27-22(32)16-33-25-28-24-23(29-30-25)19-9-5-6-10-20(19)31(24)14-13-18-7-3-2-4-8-18/h2-12,15H,13-14,16H2,1H3,(H,26,27,32). The Labute approximate surface area is 195 Å². The fourth-order valence-corrected chi connectivity index (χ4v) is 4.30. The SMILES string of the molecule is Cc1ccc(NC(=O)CSc2nnc3c4ccccc4n(CCc4ccccc4)c3n2)nc1. The lowest BCUT2D eigenvalue weighted by Gasteiger charge is -2.07. The number of anilines is 1. The lowest BCUT2D eigenvalue weighted by molar-refractivity contribution is -0.113. The summed E-state index contributed by atoms with van der Waals surface area (Å²) in [6.07, 6.45) is 2.60. The maximum absolute atomic E-state index is 12.3. The zero-order valence-electron chi connectivity index (χ0n) is 18.1. The van der Waals surface area contributed by atoms with Gasteiger partial charge in [-0.15, -0.1) is 10.2 Å². The molecular weight excluding hydrogens is 432 g/mol. The van der Waals surface area contributed by atoms with E-state index < -0.39 is 0 Å². The summed E-state index contributed by atoms with van der Waals surface area (Å²) in [7, 11) is 0. The van der Waals surface area contributed by atoms with Crippen LogP contribution in [0, 0.1) is 6.92 Å². The van der Waals surface area contributed by atoms with Crippen LogP contribution in [0.15, 0.2) is 78.1 Å². The van der Waals surface area contributed by atoms with E-state index >= 15 is 0 Å². The molecular formula is C25H22N6OS. The largest absolute Gasteiger partial charge is 0.323 e. The van der Waals surface area contributed by atoms with E-state index in [0.29, 0.717) is 11.0 Å². The molecule has 0 aliphatic carbocycles. The zero-order valence-corrected chi connectivity index (χ0v) is 18.9. The van der Waals surface area contributed by atoms with Crippen molar-refractivity contribution in [1.29, 1.82) is 0 Å². The molecule has 5 rings (SSSR count). The summed E-state index contributed by atoms with van der Waals surface area (Å²) in [6.45, 7) is 2.73. The number of hydrogen-bond donors (Lipinski definition) is 1. The molecule has 7 nitrogen and oxygen atoms in total. The predicted molar refractivity (Wildman–Crippen MR) is 131 cm³/mol. The van der Waals surface area contributed by atoms with Crippen LogP contribution in [0.4, 0.5) is 5.82 Å². The molecule has 0 spiro atoms. The molecule has 3 aromatic heterocycles. The second-order valence-corrected chi connectivity index (χ2v) is 8.67. The predicted octanol–water partition coefficient (Wildman–Crippen LogP) is 4.66. The lowest BCUT2D eigenvalue weighted by Crippen LogP contribution is -2.15. The highest BCUT2D eigenvalue weighted by atomic mass is 32.2. The summed E-state index contributed by atoms with van der Waals surface area (Å²) < 4.78 is 2.19.